The lowest BCUT2D eigenvalue weighted by Crippen LogP contribution is -2.47. The lowest BCUT2D eigenvalue weighted by Gasteiger charge is -2.31. The van der Waals surface area contributed by atoms with Crippen molar-refractivity contribution in [2.75, 3.05) is 38.5 Å². The van der Waals surface area contributed by atoms with Gasteiger partial charge in [0.05, 0.1) is 22.0 Å². The van der Waals surface area contributed by atoms with E-state index in [9.17, 15) is 18.3 Å². The molecular formula is C19H28N6O4S. The third-order valence-corrected chi connectivity index (χ3v) is 7.06. The molecule has 11 heteroatoms. The van der Waals surface area contributed by atoms with E-state index in [-0.39, 0.29) is 22.0 Å². The van der Waals surface area contributed by atoms with Crippen molar-refractivity contribution in [1.82, 2.24) is 19.0 Å². The van der Waals surface area contributed by atoms with Gasteiger partial charge in [0.1, 0.15) is 11.4 Å². The van der Waals surface area contributed by atoms with E-state index in [1.165, 1.54) is 27.2 Å². The highest BCUT2D eigenvalue weighted by atomic mass is 32.2. The highest BCUT2D eigenvalue weighted by Crippen LogP contribution is 2.33. The van der Waals surface area contributed by atoms with E-state index in [1.807, 2.05) is 14.0 Å². The molecule has 3 rings (SSSR count). The van der Waals surface area contributed by atoms with Crippen LogP contribution in [0.2, 0.25) is 0 Å². The number of aromatic hydroxyl groups is 1. The second-order valence-corrected chi connectivity index (χ2v) is 9.36. The maximum atomic E-state index is 13.1. The third kappa shape index (κ3) is 4.27. The number of phenolic OH excluding ortho intramolecular Hbond substituents is 1. The summed E-state index contributed by atoms with van der Waals surface area (Å²) < 4.78 is 29.0. The first kappa shape index (κ1) is 22.1. The molecule has 10 nitrogen and oxygen atoms in total. The first-order valence-corrected chi connectivity index (χ1v) is 11.2. The number of aromatic nitrogens is 2. The van der Waals surface area contributed by atoms with Gasteiger partial charge in [-0.05, 0) is 31.7 Å². The largest absolute Gasteiger partial charge is 0.506 e. The number of nitrogens with zero attached hydrogens (tertiary/aromatic N) is 4. The molecule has 1 amide bonds. The van der Waals surface area contributed by atoms with E-state index in [2.05, 4.69) is 15.3 Å². The predicted octanol–water partition coefficient (Wildman–Crippen LogP) is 0.857. The van der Waals surface area contributed by atoms with E-state index < -0.39 is 15.9 Å². The summed E-state index contributed by atoms with van der Waals surface area (Å²) in [7, 11) is -0.157. The van der Waals surface area contributed by atoms with E-state index in [1.54, 1.807) is 7.05 Å². The van der Waals surface area contributed by atoms with Crippen LogP contribution in [0.1, 0.15) is 29.5 Å². The van der Waals surface area contributed by atoms with Crippen LogP contribution in [0.25, 0.3) is 0 Å². The van der Waals surface area contributed by atoms with Crippen LogP contribution in [0.3, 0.4) is 0 Å². The molecule has 1 aliphatic rings. The highest BCUT2D eigenvalue weighted by Gasteiger charge is 2.28. The molecule has 1 saturated heterocycles. The third-order valence-electron chi connectivity index (χ3n) is 5.17. The van der Waals surface area contributed by atoms with Crippen LogP contribution >= 0.6 is 0 Å². The van der Waals surface area contributed by atoms with Crippen molar-refractivity contribution in [3.8, 4) is 5.75 Å². The maximum Gasteiger partial charge on any atom is 0.269 e. The summed E-state index contributed by atoms with van der Waals surface area (Å²) >= 11 is 0. The summed E-state index contributed by atoms with van der Waals surface area (Å²) in [5.41, 5.74) is 6.82. The summed E-state index contributed by atoms with van der Waals surface area (Å²) in [6, 6.07) is 4.07. The molecule has 0 atom stereocenters. The van der Waals surface area contributed by atoms with Gasteiger partial charge in [-0.3, -0.25) is 9.48 Å². The first-order valence-electron chi connectivity index (χ1n) is 9.79. The van der Waals surface area contributed by atoms with Crippen molar-refractivity contribution in [3.63, 3.8) is 0 Å². The van der Waals surface area contributed by atoms with Crippen molar-refractivity contribution >= 4 is 27.3 Å². The number of anilines is 2. The molecule has 0 spiro atoms. The number of piperazine rings is 1. The van der Waals surface area contributed by atoms with E-state index in [0.717, 1.165) is 6.42 Å². The summed E-state index contributed by atoms with van der Waals surface area (Å²) in [6.45, 7) is 4.08. The number of aryl methyl sites for hydroxylation is 2. The Balaban J connectivity index is 1.98. The second kappa shape index (κ2) is 8.62. The summed E-state index contributed by atoms with van der Waals surface area (Å²) in [5.74, 6) is -0.815. The number of hydrogen-bond donors (Lipinski definition) is 3. The van der Waals surface area contributed by atoms with Gasteiger partial charge in [0.2, 0.25) is 10.0 Å². The van der Waals surface area contributed by atoms with Crippen molar-refractivity contribution in [3.05, 3.63) is 29.6 Å². The highest BCUT2D eigenvalue weighted by molar-refractivity contribution is 7.89. The number of hydrogen-bond acceptors (Lipinski definition) is 7. The van der Waals surface area contributed by atoms with Gasteiger partial charge in [-0.15, -0.1) is 0 Å². The molecular weight excluding hydrogens is 408 g/mol. The lowest BCUT2D eigenvalue weighted by atomic mass is 10.2. The molecule has 164 valence electrons. The van der Waals surface area contributed by atoms with E-state index in [0.29, 0.717) is 44.0 Å². The van der Waals surface area contributed by atoms with Crippen LogP contribution in [-0.4, -0.2) is 71.6 Å². The van der Waals surface area contributed by atoms with Gasteiger partial charge in [-0.1, -0.05) is 13.3 Å². The van der Waals surface area contributed by atoms with Gasteiger partial charge in [0.25, 0.3) is 5.91 Å². The lowest BCUT2D eigenvalue weighted by molar-refractivity contribution is 0.0992. The molecule has 2 aromatic rings. The first-order chi connectivity index (χ1) is 14.1. The smallest absolute Gasteiger partial charge is 0.269 e. The number of amides is 1. The number of sulfonamides is 1. The topological polar surface area (TPSA) is 134 Å². The summed E-state index contributed by atoms with van der Waals surface area (Å²) in [4.78, 5) is 14.1. The average Bonchev–Trinajstić information content (AvgIpc) is 2.99. The van der Waals surface area contributed by atoms with Gasteiger partial charge in [0, 0.05) is 33.2 Å². The second-order valence-electron chi connectivity index (χ2n) is 7.42. The summed E-state index contributed by atoms with van der Waals surface area (Å²) in [6.07, 6.45) is 1.37. The van der Waals surface area contributed by atoms with Gasteiger partial charge >= 0.3 is 0 Å². The van der Waals surface area contributed by atoms with Gasteiger partial charge < -0.3 is 21.1 Å². The fraction of sp³-hybridized carbons (Fsp3) is 0.474. The van der Waals surface area contributed by atoms with Crippen LogP contribution in [0.5, 0.6) is 5.75 Å². The molecule has 1 aromatic carbocycles. The monoisotopic (exact) mass is 436 g/mol. The molecule has 2 heterocycles. The Morgan fingerprint density at radius 1 is 1.23 bits per heavy atom. The van der Waals surface area contributed by atoms with Crippen LogP contribution < -0.4 is 11.1 Å². The van der Waals surface area contributed by atoms with Crippen molar-refractivity contribution in [2.45, 2.75) is 24.7 Å². The van der Waals surface area contributed by atoms with Gasteiger partial charge in [0.15, 0.2) is 0 Å². The SMILES string of the molecule is CCCc1nn(C)c(C(N)=O)c1Nc1cc(S(=O)(=O)N2CCN(C)CC2)ccc1O. The zero-order chi connectivity index (χ0) is 22.1. The molecule has 4 N–H and O–H groups in total. The van der Waals surface area contributed by atoms with E-state index in [4.69, 9.17) is 5.73 Å². The maximum absolute atomic E-state index is 13.1. The van der Waals surface area contributed by atoms with Crippen LogP contribution in [0.15, 0.2) is 23.1 Å². The zero-order valence-electron chi connectivity index (χ0n) is 17.4. The van der Waals surface area contributed by atoms with Gasteiger partial charge in [-0.25, -0.2) is 8.42 Å². The Morgan fingerprint density at radius 2 is 1.90 bits per heavy atom. The number of carbonyl (C=O) groups excluding carboxylic acids is 1. The number of nitrogens with two attached hydrogens (primary N) is 1. The number of likely N-dealkylation sites (N-methyl/N-ethyl adjacent to an activating group) is 1. The van der Waals surface area contributed by atoms with Gasteiger partial charge in [-0.2, -0.15) is 9.40 Å². The normalized spacial score (nSPS) is 16.0. The Hall–Kier alpha value is -2.63. The molecule has 0 unspecified atom stereocenters. The number of rotatable bonds is 7. The van der Waals surface area contributed by atoms with Crippen LogP contribution in [-0.2, 0) is 23.5 Å². The fourth-order valence-electron chi connectivity index (χ4n) is 3.49. The molecule has 30 heavy (non-hydrogen) atoms. The molecule has 0 radical (unpaired) electrons. The number of nitrogens with one attached hydrogen (secondary N) is 1. The Labute approximate surface area is 176 Å². The number of primary amides is 1. The summed E-state index contributed by atoms with van der Waals surface area (Å²) in [5, 5.41) is 17.7. The average molecular weight is 437 g/mol. The molecule has 1 aromatic heterocycles. The molecule has 0 bridgehead atoms. The predicted molar refractivity (Wildman–Crippen MR) is 113 cm³/mol. The molecule has 0 aliphatic carbocycles. The van der Waals surface area contributed by atoms with Crippen LogP contribution in [0.4, 0.5) is 11.4 Å². The number of carbonyl (C=O) groups is 1. The number of phenols is 1. The van der Waals surface area contributed by atoms with Crippen molar-refractivity contribution < 1.29 is 18.3 Å². The van der Waals surface area contributed by atoms with Crippen molar-refractivity contribution in [1.29, 1.82) is 0 Å². The molecule has 1 fully saturated rings. The van der Waals surface area contributed by atoms with E-state index >= 15 is 0 Å². The van der Waals surface area contributed by atoms with Crippen LogP contribution in [0, 0.1) is 0 Å². The number of benzene rings is 1. The minimum Gasteiger partial charge on any atom is -0.506 e. The minimum absolute atomic E-state index is 0.0638. The Bertz CT molecular complexity index is 1040. The standard InChI is InChI=1S/C19H28N6O4S/c1-4-5-14-17(18(19(20)27)24(3)22-14)21-15-12-13(6-7-16(15)26)30(28,29)25-10-8-23(2)9-11-25/h6-7,12,21,26H,4-5,8-11H2,1-3H3,(H2,20,27). The zero-order valence-corrected chi connectivity index (χ0v) is 18.2. The molecule has 0 saturated carbocycles. The quantitative estimate of drug-likeness (QED) is 0.548. The minimum atomic E-state index is -3.72. The fourth-order valence-corrected chi connectivity index (χ4v) is 4.94. The Kier molecular flexibility index (Phi) is 6.34. The Morgan fingerprint density at radius 3 is 2.50 bits per heavy atom. The molecule has 1 aliphatic heterocycles. The van der Waals surface area contributed by atoms with Crippen molar-refractivity contribution in [2.24, 2.45) is 12.8 Å².